The molecule has 0 spiro atoms. The quantitative estimate of drug-likeness (QED) is 0.850. The Bertz CT molecular complexity index is 528. The van der Waals surface area contributed by atoms with Gasteiger partial charge in [0, 0.05) is 18.7 Å². The predicted octanol–water partition coefficient (Wildman–Crippen LogP) is 2.22. The van der Waals surface area contributed by atoms with Crippen LogP contribution < -0.4 is 20.5 Å². The first kappa shape index (κ1) is 18.8. The molecular weight excluding hydrogens is 331 g/mol. The van der Waals surface area contributed by atoms with Gasteiger partial charge in [-0.1, -0.05) is 11.6 Å². The van der Waals surface area contributed by atoms with Crippen LogP contribution in [0.4, 0.5) is 5.69 Å². The first-order valence-electron chi connectivity index (χ1n) is 6.67. The lowest BCUT2D eigenvalue weighted by atomic mass is 10.2. The smallest absolute Gasteiger partial charge is 0.253 e. The van der Waals surface area contributed by atoms with E-state index in [2.05, 4.69) is 5.32 Å². The molecule has 2 rings (SSSR count). The van der Waals surface area contributed by atoms with E-state index >= 15 is 0 Å². The minimum absolute atomic E-state index is 0. The van der Waals surface area contributed by atoms with Crippen LogP contribution in [0.25, 0.3) is 0 Å². The minimum Gasteiger partial charge on any atom is -0.495 e. The van der Waals surface area contributed by atoms with Crippen molar-refractivity contribution in [2.24, 2.45) is 5.73 Å². The zero-order chi connectivity index (χ0) is 15.4. The number of hydrogen-bond donors (Lipinski definition) is 2. The highest BCUT2D eigenvalue weighted by Crippen LogP contribution is 2.36. The van der Waals surface area contributed by atoms with E-state index in [0.717, 1.165) is 6.42 Å². The fourth-order valence-corrected chi connectivity index (χ4v) is 2.47. The van der Waals surface area contributed by atoms with Crippen molar-refractivity contribution in [2.45, 2.75) is 25.0 Å². The Kier molecular flexibility index (Phi) is 7.22. The van der Waals surface area contributed by atoms with Gasteiger partial charge in [-0.05, 0) is 12.8 Å². The van der Waals surface area contributed by atoms with Gasteiger partial charge in [-0.15, -0.1) is 12.4 Å². The maximum atomic E-state index is 12.2. The summed E-state index contributed by atoms with van der Waals surface area (Å²) in [5.74, 6) is 0.691. The number of nitrogens with two attached hydrogens (primary N) is 1. The molecule has 1 aliphatic heterocycles. The SMILES string of the molecule is COc1cc(NC(=O)[C@@H]2CC[C@H](CN)O2)c(OC)cc1Cl.Cl. The van der Waals surface area contributed by atoms with E-state index in [1.54, 1.807) is 12.1 Å². The number of benzene rings is 1. The van der Waals surface area contributed by atoms with Crippen LogP contribution in [-0.2, 0) is 9.53 Å². The second-order valence-electron chi connectivity index (χ2n) is 4.74. The van der Waals surface area contributed by atoms with Crippen molar-refractivity contribution >= 4 is 35.6 Å². The average molecular weight is 351 g/mol. The fraction of sp³-hybridized carbons (Fsp3) is 0.500. The van der Waals surface area contributed by atoms with Gasteiger partial charge in [0.25, 0.3) is 5.91 Å². The molecule has 0 bridgehead atoms. The van der Waals surface area contributed by atoms with Gasteiger partial charge in [-0.3, -0.25) is 4.79 Å². The van der Waals surface area contributed by atoms with Crippen molar-refractivity contribution in [3.8, 4) is 11.5 Å². The van der Waals surface area contributed by atoms with Crippen molar-refractivity contribution in [2.75, 3.05) is 26.1 Å². The lowest BCUT2D eigenvalue weighted by molar-refractivity contribution is -0.126. The van der Waals surface area contributed by atoms with Gasteiger partial charge >= 0.3 is 0 Å². The summed E-state index contributed by atoms with van der Waals surface area (Å²) in [4.78, 5) is 12.2. The largest absolute Gasteiger partial charge is 0.495 e. The van der Waals surface area contributed by atoms with E-state index in [9.17, 15) is 4.79 Å². The van der Waals surface area contributed by atoms with Crippen molar-refractivity contribution in [3.63, 3.8) is 0 Å². The van der Waals surface area contributed by atoms with Crippen LogP contribution in [0.1, 0.15) is 12.8 Å². The van der Waals surface area contributed by atoms with Crippen molar-refractivity contribution in [1.82, 2.24) is 0 Å². The number of nitrogens with one attached hydrogen (secondary N) is 1. The molecule has 22 heavy (non-hydrogen) atoms. The standard InChI is InChI=1S/C14H19ClN2O4.ClH/c1-19-12-6-10(13(20-2)5-9(12)15)17-14(18)11-4-3-8(7-16)21-11;/h5-6,8,11H,3-4,7,16H2,1-2H3,(H,17,18);1H/t8-,11+;/m1./s1. The van der Waals surface area contributed by atoms with E-state index in [0.29, 0.717) is 35.2 Å². The van der Waals surface area contributed by atoms with Gasteiger partial charge < -0.3 is 25.3 Å². The molecule has 1 aromatic rings. The molecule has 1 fully saturated rings. The minimum atomic E-state index is -0.495. The molecule has 0 saturated carbocycles. The number of amides is 1. The topological polar surface area (TPSA) is 82.8 Å². The van der Waals surface area contributed by atoms with Gasteiger partial charge in [-0.2, -0.15) is 0 Å². The first-order chi connectivity index (χ1) is 10.1. The van der Waals surface area contributed by atoms with Crippen LogP contribution >= 0.6 is 24.0 Å². The van der Waals surface area contributed by atoms with E-state index in [1.807, 2.05) is 0 Å². The third kappa shape index (κ3) is 4.16. The summed E-state index contributed by atoms with van der Waals surface area (Å²) in [5, 5.41) is 3.19. The monoisotopic (exact) mass is 350 g/mol. The maximum absolute atomic E-state index is 12.2. The Hall–Kier alpha value is -1.21. The maximum Gasteiger partial charge on any atom is 0.253 e. The highest BCUT2D eigenvalue weighted by atomic mass is 35.5. The Labute approximate surface area is 140 Å². The predicted molar refractivity (Wildman–Crippen MR) is 87.4 cm³/mol. The zero-order valence-electron chi connectivity index (χ0n) is 12.4. The molecule has 8 heteroatoms. The second kappa shape index (κ2) is 8.43. The van der Waals surface area contributed by atoms with Gasteiger partial charge in [0.15, 0.2) is 0 Å². The lowest BCUT2D eigenvalue weighted by Gasteiger charge is -2.16. The van der Waals surface area contributed by atoms with Crippen LogP contribution in [0.3, 0.4) is 0 Å². The Morgan fingerprint density at radius 1 is 1.36 bits per heavy atom. The number of hydrogen-bond acceptors (Lipinski definition) is 5. The zero-order valence-corrected chi connectivity index (χ0v) is 14.0. The molecule has 1 heterocycles. The molecule has 0 unspecified atom stereocenters. The summed E-state index contributed by atoms with van der Waals surface area (Å²) < 4.78 is 15.9. The molecule has 2 atom stereocenters. The number of carbonyl (C=O) groups excluding carboxylic acids is 1. The highest BCUT2D eigenvalue weighted by Gasteiger charge is 2.30. The second-order valence-corrected chi connectivity index (χ2v) is 5.14. The third-order valence-corrected chi connectivity index (χ3v) is 3.69. The van der Waals surface area contributed by atoms with Crippen LogP contribution in [0, 0.1) is 0 Å². The molecule has 1 amide bonds. The number of halogens is 2. The van der Waals surface area contributed by atoms with Gasteiger partial charge in [0.2, 0.25) is 0 Å². The Balaban J connectivity index is 0.00000242. The van der Waals surface area contributed by atoms with Gasteiger partial charge in [0.05, 0.1) is 31.0 Å². The molecule has 1 aromatic carbocycles. The Morgan fingerprint density at radius 3 is 2.59 bits per heavy atom. The Morgan fingerprint density at radius 2 is 2.05 bits per heavy atom. The van der Waals surface area contributed by atoms with Crippen molar-refractivity contribution in [3.05, 3.63) is 17.2 Å². The number of ether oxygens (including phenoxy) is 3. The molecule has 0 radical (unpaired) electrons. The third-order valence-electron chi connectivity index (χ3n) is 3.39. The summed E-state index contributed by atoms with van der Waals surface area (Å²) >= 11 is 6.03. The summed E-state index contributed by atoms with van der Waals surface area (Å²) in [7, 11) is 3.01. The number of methoxy groups -OCH3 is 2. The molecule has 1 aliphatic rings. The summed E-state index contributed by atoms with van der Waals surface area (Å²) in [6, 6.07) is 3.21. The highest BCUT2D eigenvalue weighted by molar-refractivity contribution is 6.32. The summed E-state index contributed by atoms with van der Waals surface area (Å²) in [5.41, 5.74) is 6.03. The molecule has 124 valence electrons. The molecule has 1 saturated heterocycles. The van der Waals surface area contributed by atoms with E-state index in [-0.39, 0.29) is 24.4 Å². The van der Waals surface area contributed by atoms with E-state index in [4.69, 9.17) is 31.5 Å². The first-order valence-corrected chi connectivity index (χ1v) is 7.04. The van der Waals surface area contributed by atoms with Crippen LogP contribution in [0.15, 0.2) is 12.1 Å². The van der Waals surface area contributed by atoms with E-state index in [1.165, 1.54) is 14.2 Å². The van der Waals surface area contributed by atoms with E-state index < -0.39 is 6.10 Å². The number of rotatable bonds is 5. The van der Waals surface area contributed by atoms with Crippen molar-refractivity contribution < 1.29 is 19.0 Å². The molecular formula is C14H20Cl2N2O4. The lowest BCUT2D eigenvalue weighted by Crippen LogP contribution is -2.29. The molecule has 6 nitrogen and oxygen atoms in total. The number of anilines is 1. The normalized spacial score (nSPS) is 20.2. The fourth-order valence-electron chi connectivity index (χ4n) is 2.24. The van der Waals surface area contributed by atoms with Crippen LogP contribution in [-0.4, -0.2) is 38.9 Å². The summed E-state index contributed by atoms with van der Waals surface area (Å²) in [6.45, 7) is 0.419. The van der Waals surface area contributed by atoms with Crippen molar-refractivity contribution in [1.29, 1.82) is 0 Å². The van der Waals surface area contributed by atoms with Crippen LogP contribution in [0.5, 0.6) is 11.5 Å². The molecule has 3 N–H and O–H groups in total. The average Bonchev–Trinajstić information content (AvgIpc) is 2.97. The molecule has 0 aromatic heterocycles. The molecule has 0 aliphatic carbocycles. The summed E-state index contributed by atoms with van der Waals surface area (Å²) in [6.07, 6.45) is 0.892. The van der Waals surface area contributed by atoms with Gasteiger partial charge in [0.1, 0.15) is 17.6 Å². The van der Waals surface area contributed by atoms with Crippen LogP contribution in [0.2, 0.25) is 5.02 Å². The number of carbonyl (C=O) groups is 1. The van der Waals surface area contributed by atoms with Gasteiger partial charge in [-0.25, -0.2) is 0 Å².